The van der Waals surface area contributed by atoms with Crippen LogP contribution in [0.5, 0.6) is 0 Å². The molecule has 0 aromatic heterocycles. The van der Waals surface area contributed by atoms with Gasteiger partial charge in [0, 0.05) is 20.1 Å². The third-order valence-electron chi connectivity index (χ3n) is 4.99. The maximum atomic E-state index is 12.8. The molecule has 1 aromatic rings. The molecule has 0 spiro atoms. The van der Waals surface area contributed by atoms with E-state index in [1.807, 2.05) is 25.1 Å². The number of para-hydroxylation sites is 1. The van der Waals surface area contributed by atoms with Crippen molar-refractivity contribution in [3.05, 3.63) is 29.3 Å². The van der Waals surface area contributed by atoms with E-state index in [1.54, 1.807) is 22.9 Å². The SMILES string of the molecule is CN(C(=O)C1(C)CCNC1)C1CCN(c2ccccc2Cl)C1=O. The number of rotatable bonds is 3. The van der Waals surface area contributed by atoms with E-state index in [0.29, 0.717) is 24.5 Å². The average molecular weight is 336 g/mol. The van der Waals surface area contributed by atoms with Crippen molar-refractivity contribution in [3.8, 4) is 0 Å². The molecule has 2 aliphatic heterocycles. The average Bonchev–Trinajstić information content (AvgIpc) is 3.14. The molecule has 1 N–H and O–H groups in total. The Hall–Kier alpha value is -1.59. The third-order valence-corrected chi connectivity index (χ3v) is 5.31. The van der Waals surface area contributed by atoms with Gasteiger partial charge in [-0.1, -0.05) is 23.7 Å². The molecule has 0 saturated carbocycles. The molecule has 5 nitrogen and oxygen atoms in total. The standard InChI is InChI=1S/C17H22ClN3O2/c1-17(8-9-19-11-17)16(23)20(2)14-7-10-21(15(14)22)13-6-4-3-5-12(13)18/h3-6,14,19H,7-11H2,1-2H3. The van der Waals surface area contributed by atoms with Gasteiger partial charge in [-0.25, -0.2) is 0 Å². The minimum absolute atomic E-state index is 0.0434. The lowest BCUT2D eigenvalue weighted by Gasteiger charge is -2.31. The van der Waals surface area contributed by atoms with Crippen LogP contribution in [0.2, 0.25) is 5.02 Å². The summed E-state index contributed by atoms with van der Waals surface area (Å²) in [6, 6.07) is 6.91. The van der Waals surface area contributed by atoms with Crippen molar-refractivity contribution in [2.24, 2.45) is 5.41 Å². The number of halogens is 1. The summed E-state index contributed by atoms with van der Waals surface area (Å²) in [4.78, 5) is 28.9. The fraction of sp³-hybridized carbons (Fsp3) is 0.529. The third kappa shape index (κ3) is 2.83. The highest BCUT2D eigenvalue weighted by molar-refractivity contribution is 6.34. The lowest BCUT2D eigenvalue weighted by molar-refractivity contribution is -0.144. The number of anilines is 1. The Labute approximate surface area is 141 Å². The van der Waals surface area contributed by atoms with Crippen molar-refractivity contribution in [1.29, 1.82) is 0 Å². The van der Waals surface area contributed by atoms with Crippen LogP contribution in [0.25, 0.3) is 0 Å². The van der Waals surface area contributed by atoms with Gasteiger partial charge in [-0.3, -0.25) is 9.59 Å². The molecule has 0 radical (unpaired) electrons. The summed E-state index contributed by atoms with van der Waals surface area (Å²) in [7, 11) is 1.74. The molecule has 2 unspecified atom stereocenters. The predicted molar refractivity (Wildman–Crippen MR) is 90.6 cm³/mol. The van der Waals surface area contributed by atoms with Gasteiger partial charge in [0.25, 0.3) is 0 Å². The monoisotopic (exact) mass is 335 g/mol. The summed E-state index contributed by atoms with van der Waals surface area (Å²) in [6.07, 6.45) is 1.45. The number of carbonyl (C=O) groups excluding carboxylic acids is 2. The molecule has 2 fully saturated rings. The first-order chi connectivity index (χ1) is 10.9. The molecule has 1 aromatic carbocycles. The van der Waals surface area contributed by atoms with Crippen LogP contribution in [0.1, 0.15) is 19.8 Å². The van der Waals surface area contributed by atoms with Crippen LogP contribution >= 0.6 is 11.6 Å². The van der Waals surface area contributed by atoms with E-state index >= 15 is 0 Å². The van der Waals surface area contributed by atoms with Crippen LogP contribution in [-0.2, 0) is 9.59 Å². The largest absolute Gasteiger partial charge is 0.333 e. The number of benzene rings is 1. The van der Waals surface area contributed by atoms with Crippen molar-refractivity contribution in [2.75, 3.05) is 31.6 Å². The molecular weight excluding hydrogens is 314 g/mol. The number of amides is 2. The topological polar surface area (TPSA) is 52.7 Å². The van der Waals surface area contributed by atoms with E-state index in [2.05, 4.69) is 5.32 Å². The zero-order chi connectivity index (χ0) is 16.6. The van der Waals surface area contributed by atoms with Crippen molar-refractivity contribution in [2.45, 2.75) is 25.8 Å². The number of hydrogen-bond donors (Lipinski definition) is 1. The summed E-state index contributed by atoms with van der Waals surface area (Å²) in [5.41, 5.74) is 0.309. The quantitative estimate of drug-likeness (QED) is 0.918. The molecular formula is C17H22ClN3O2. The summed E-state index contributed by atoms with van der Waals surface area (Å²) in [6.45, 7) is 4.07. The molecule has 2 heterocycles. The first kappa shape index (κ1) is 16.3. The lowest BCUT2D eigenvalue weighted by Crippen LogP contribution is -2.49. The Morgan fingerprint density at radius 3 is 2.83 bits per heavy atom. The van der Waals surface area contributed by atoms with Gasteiger partial charge in [0.05, 0.1) is 16.1 Å². The van der Waals surface area contributed by atoms with Gasteiger partial charge < -0.3 is 15.1 Å². The van der Waals surface area contributed by atoms with E-state index in [9.17, 15) is 9.59 Å². The summed E-state index contributed by atoms with van der Waals surface area (Å²) in [5.74, 6) is -0.00892. The van der Waals surface area contributed by atoms with E-state index < -0.39 is 11.5 Å². The highest BCUT2D eigenvalue weighted by atomic mass is 35.5. The number of hydrogen-bond acceptors (Lipinski definition) is 3. The van der Waals surface area contributed by atoms with E-state index in [0.717, 1.165) is 18.7 Å². The molecule has 3 rings (SSSR count). The van der Waals surface area contributed by atoms with Gasteiger partial charge in [0.2, 0.25) is 11.8 Å². The Bertz CT molecular complexity index is 628. The molecule has 23 heavy (non-hydrogen) atoms. The van der Waals surface area contributed by atoms with E-state index in [1.165, 1.54) is 0 Å². The fourth-order valence-corrected chi connectivity index (χ4v) is 3.74. The van der Waals surface area contributed by atoms with Crippen LogP contribution in [0.15, 0.2) is 24.3 Å². The van der Waals surface area contributed by atoms with Gasteiger partial charge in [0.1, 0.15) is 6.04 Å². The Morgan fingerprint density at radius 1 is 1.43 bits per heavy atom. The molecule has 124 valence electrons. The second-order valence-electron chi connectivity index (χ2n) is 6.65. The van der Waals surface area contributed by atoms with Crippen LogP contribution in [-0.4, -0.2) is 49.4 Å². The van der Waals surface area contributed by atoms with Crippen LogP contribution < -0.4 is 10.2 Å². The number of nitrogens with one attached hydrogen (secondary N) is 1. The first-order valence-corrected chi connectivity index (χ1v) is 8.36. The summed E-state index contributed by atoms with van der Waals surface area (Å²) < 4.78 is 0. The second kappa shape index (κ2) is 6.13. The molecule has 2 aliphatic rings. The Kier molecular flexibility index (Phi) is 4.34. The highest BCUT2D eigenvalue weighted by Gasteiger charge is 2.44. The van der Waals surface area contributed by atoms with Crippen molar-refractivity contribution >= 4 is 29.1 Å². The maximum absolute atomic E-state index is 12.8. The van der Waals surface area contributed by atoms with Crippen molar-refractivity contribution < 1.29 is 9.59 Å². The second-order valence-corrected chi connectivity index (χ2v) is 7.06. The number of carbonyl (C=O) groups is 2. The van der Waals surface area contributed by atoms with E-state index in [4.69, 9.17) is 11.6 Å². The number of nitrogens with zero attached hydrogens (tertiary/aromatic N) is 2. The molecule has 6 heteroatoms. The van der Waals surface area contributed by atoms with Gasteiger partial charge >= 0.3 is 0 Å². The molecule has 0 aliphatic carbocycles. The fourth-order valence-electron chi connectivity index (χ4n) is 3.50. The minimum atomic E-state index is -0.410. The highest BCUT2D eigenvalue weighted by Crippen LogP contribution is 2.32. The van der Waals surface area contributed by atoms with Crippen LogP contribution in [0, 0.1) is 5.41 Å². The maximum Gasteiger partial charge on any atom is 0.249 e. The summed E-state index contributed by atoms with van der Waals surface area (Å²) in [5, 5.41) is 3.79. The molecule has 2 amide bonds. The normalized spacial score (nSPS) is 27.5. The van der Waals surface area contributed by atoms with Gasteiger partial charge in [-0.15, -0.1) is 0 Å². The predicted octanol–water partition coefficient (Wildman–Crippen LogP) is 1.90. The van der Waals surface area contributed by atoms with Gasteiger partial charge in [-0.05, 0) is 38.4 Å². The molecule has 2 saturated heterocycles. The zero-order valence-corrected chi connectivity index (χ0v) is 14.3. The minimum Gasteiger partial charge on any atom is -0.333 e. The first-order valence-electron chi connectivity index (χ1n) is 7.98. The van der Waals surface area contributed by atoms with E-state index in [-0.39, 0.29) is 11.8 Å². The number of likely N-dealkylation sites (N-methyl/N-ethyl adjacent to an activating group) is 1. The Balaban J connectivity index is 1.76. The van der Waals surface area contributed by atoms with Gasteiger partial charge in [-0.2, -0.15) is 0 Å². The molecule has 0 bridgehead atoms. The molecule has 2 atom stereocenters. The van der Waals surface area contributed by atoms with Crippen LogP contribution in [0.4, 0.5) is 5.69 Å². The lowest BCUT2D eigenvalue weighted by atomic mass is 9.87. The Morgan fingerprint density at radius 2 is 2.17 bits per heavy atom. The van der Waals surface area contributed by atoms with Gasteiger partial charge in [0.15, 0.2) is 0 Å². The summed E-state index contributed by atoms with van der Waals surface area (Å²) >= 11 is 6.20. The van der Waals surface area contributed by atoms with Crippen molar-refractivity contribution in [3.63, 3.8) is 0 Å². The smallest absolute Gasteiger partial charge is 0.249 e. The van der Waals surface area contributed by atoms with Crippen LogP contribution in [0.3, 0.4) is 0 Å². The van der Waals surface area contributed by atoms with Crippen molar-refractivity contribution in [1.82, 2.24) is 10.2 Å². The zero-order valence-electron chi connectivity index (χ0n) is 13.5.